The highest BCUT2D eigenvalue weighted by Crippen LogP contribution is 2.35. The molecular formula is C11H19NO4. The van der Waals surface area contributed by atoms with Gasteiger partial charge in [0.2, 0.25) is 0 Å². The number of carbonyl (C=O) groups is 2. The van der Waals surface area contributed by atoms with Crippen LogP contribution >= 0.6 is 0 Å². The fraction of sp³-hybridized carbons (Fsp3) is 0.818. The number of Topliss-reactive ketones (excluding diaryl/α,β-unsaturated/α-hetero) is 1. The maximum atomic E-state index is 12.1. The van der Waals surface area contributed by atoms with Crippen LogP contribution < -0.4 is 5.32 Å². The number of hydrogen-bond donors (Lipinski definition) is 1. The first kappa shape index (κ1) is 13.0. The van der Waals surface area contributed by atoms with E-state index in [1.165, 1.54) is 14.2 Å². The van der Waals surface area contributed by atoms with Gasteiger partial charge in [0.15, 0.2) is 5.78 Å². The fourth-order valence-electron chi connectivity index (χ4n) is 1.63. The van der Waals surface area contributed by atoms with Crippen molar-refractivity contribution < 1.29 is 19.1 Å². The summed E-state index contributed by atoms with van der Waals surface area (Å²) in [4.78, 5) is 23.4. The molecule has 1 unspecified atom stereocenters. The SMILES string of the molecule is COC(=O)NC(C)(C(=O)C1CC1)[C@@H](C)OC. The van der Waals surface area contributed by atoms with E-state index in [1.54, 1.807) is 13.8 Å². The molecule has 0 saturated heterocycles. The number of rotatable bonds is 5. The van der Waals surface area contributed by atoms with E-state index in [2.05, 4.69) is 10.1 Å². The lowest BCUT2D eigenvalue weighted by molar-refractivity contribution is -0.131. The predicted octanol–water partition coefficient (Wildman–Crippen LogP) is 1.12. The van der Waals surface area contributed by atoms with Gasteiger partial charge >= 0.3 is 6.09 Å². The molecule has 5 heteroatoms. The van der Waals surface area contributed by atoms with Gasteiger partial charge < -0.3 is 14.8 Å². The summed E-state index contributed by atoms with van der Waals surface area (Å²) in [6.07, 6.45) is 0.793. The first-order valence-electron chi connectivity index (χ1n) is 5.39. The zero-order valence-electron chi connectivity index (χ0n) is 10.2. The molecule has 92 valence electrons. The quantitative estimate of drug-likeness (QED) is 0.767. The first-order chi connectivity index (χ1) is 7.45. The Morgan fingerprint density at radius 2 is 1.94 bits per heavy atom. The molecule has 0 heterocycles. The van der Waals surface area contributed by atoms with Gasteiger partial charge in [-0.2, -0.15) is 0 Å². The molecule has 0 aromatic heterocycles. The lowest BCUT2D eigenvalue weighted by atomic mass is 9.88. The number of ketones is 1. The summed E-state index contributed by atoms with van der Waals surface area (Å²) < 4.78 is 9.70. The number of nitrogens with one attached hydrogen (secondary N) is 1. The number of methoxy groups -OCH3 is 2. The Hall–Kier alpha value is -1.10. The molecule has 1 fully saturated rings. The first-order valence-corrected chi connectivity index (χ1v) is 5.39. The highest BCUT2D eigenvalue weighted by atomic mass is 16.5. The van der Waals surface area contributed by atoms with E-state index >= 15 is 0 Å². The van der Waals surface area contributed by atoms with E-state index < -0.39 is 11.6 Å². The minimum absolute atomic E-state index is 0.0206. The van der Waals surface area contributed by atoms with Gasteiger partial charge in [0.25, 0.3) is 0 Å². The van der Waals surface area contributed by atoms with Crippen molar-refractivity contribution in [3.8, 4) is 0 Å². The lowest BCUT2D eigenvalue weighted by Crippen LogP contribution is -2.60. The van der Waals surface area contributed by atoms with Crippen LogP contribution in [0.1, 0.15) is 26.7 Å². The number of hydrogen-bond acceptors (Lipinski definition) is 4. The smallest absolute Gasteiger partial charge is 0.407 e. The average molecular weight is 229 g/mol. The molecular weight excluding hydrogens is 210 g/mol. The van der Waals surface area contributed by atoms with E-state index in [-0.39, 0.29) is 17.8 Å². The van der Waals surface area contributed by atoms with E-state index in [0.717, 1.165) is 12.8 Å². The lowest BCUT2D eigenvalue weighted by Gasteiger charge is -2.33. The molecule has 1 aliphatic rings. The molecule has 1 amide bonds. The molecule has 1 rings (SSSR count). The third-order valence-electron chi connectivity index (χ3n) is 3.17. The minimum atomic E-state index is -1.01. The zero-order valence-corrected chi connectivity index (χ0v) is 10.2. The summed E-state index contributed by atoms with van der Waals surface area (Å²) in [5.74, 6) is 0.0759. The van der Waals surface area contributed by atoms with Crippen molar-refractivity contribution in [2.75, 3.05) is 14.2 Å². The van der Waals surface area contributed by atoms with Crippen molar-refractivity contribution in [1.29, 1.82) is 0 Å². The van der Waals surface area contributed by atoms with Gasteiger partial charge in [-0.15, -0.1) is 0 Å². The molecule has 0 spiro atoms. The topological polar surface area (TPSA) is 64.6 Å². The van der Waals surface area contributed by atoms with Gasteiger partial charge in [0.1, 0.15) is 5.54 Å². The summed E-state index contributed by atoms with van der Waals surface area (Å²) in [6.45, 7) is 3.44. The van der Waals surface area contributed by atoms with Crippen LogP contribution in [0.15, 0.2) is 0 Å². The molecule has 1 aliphatic carbocycles. The Morgan fingerprint density at radius 3 is 2.31 bits per heavy atom. The standard InChI is InChI=1S/C11H19NO4/c1-7(15-3)11(2,12-10(14)16-4)9(13)8-5-6-8/h7-8H,5-6H2,1-4H3,(H,12,14)/t7-,11?/m1/s1. The molecule has 1 saturated carbocycles. The van der Waals surface area contributed by atoms with Crippen molar-refractivity contribution in [3.63, 3.8) is 0 Å². The van der Waals surface area contributed by atoms with Crippen molar-refractivity contribution in [3.05, 3.63) is 0 Å². The molecule has 0 aromatic rings. The highest BCUT2D eigenvalue weighted by Gasteiger charge is 2.47. The van der Waals surface area contributed by atoms with Crippen LogP contribution in [0, 0.1) is 5.92 Å². The molecule has 0 aliphatic heterocycles. The fourth-order valence-corrected chi connectivity index (χ4v) is 1.63. The van der Waals surface area contributed by atoms with Gasteiger partial charge in [-0.1, -0.05) is 0 Å². The van der Waals surface area contributed by atoms with E-state index in [4.69, 9.17) is 4.74 Å². The molecule has 0 radical (unpaired) electrons. The summed E-state index contributed by atoms with van der Waals surface area (Å²) in [6, 6.07) is 0. The van der Waals surface area contributed by atoms with Gasteiger partial charge in [0.05, 0.1) is 13.2 Å². The molecule has 0 aromatic carbocycles. The van der Waals surface area contributed by atoms with Gasteiger partial charge in [-0.25, -0.2) is 4.79 Å². The minimum Gasteiger partial charge on any atom is -0.453 e. The summed E-state index contributed by atoms with van der Waals surface area (Å²) >= 11 is 0. The summed E-state index contributed by atoms with van der Waals surface area (Å²) in [7, 11) is 2.79. The molecule has 5 nitrogen and oxygen atoms in total. The maximum Gasteiger partial charge on any atom is 0.407 e. The van der Waals surface area contributed by atoms with E-state index in [1.807, 2.05) is 0 Å². The molecule has 1 N–H and O–H groups in total. The summed E-state index contributed by atoms with van der Waals surface area (Å²) in [5.41, 5.74) is -1.01. The average Bonchev–Trinajstić information content (AvgIpc) is 3.10. The highest BCUT2D eigenvalue weighted by molar-refractivity contribution is 5.95. The molecule has 16 heavy (non-hydrogen) atoms. The molecule has 2 atom stereocenters. The number of ether oxygens (including phenoxy) is 2. The zero-order chi connectivity index (χ0) is 12.3. The normalized spacial score (nSPS) is 20.8. The Kier molecular flexibility index (Phi) is 3.91. The number of amides is 1. The Labute approximate surface area is 95.5 Å². The van der Waals surface area contributed by atoms with Crippen LogP contribution in [0.2, 0.25) is 0 Å². The monoisotopic (exact) mass is 229 g/mol. The maximum absolute atomic E-state index is 12.1. The van der Waals surface area contributed by atoms with E-state index in [9.17, 15) is 9.59 Å². The van der Waals surface area contributed by atoms with Crippen LogP contribution in [-0.4, -0.2) is 37.7 Å². The number of carbonyl (C=O) groups excluding carboxylic acids is 2. The van der Waals surface area contributed by atoms with Crippen LogP contribution in [0.3, 0.4) is 0 Å². The molecule has 0 bridgehead atoms. The van der Waals surface area contributed by atoms with Crippen molar-refractivity contribution >= 4 is 11.9 Å². The second-order valence-corrected chi connectivity index (χ2v) is 4.34. The van der Waals surface area contributed by atoms with Crippen molar-refractivity contribution in [1.82, 2.24) is 5.32 Å². The van der Waals surface area contributed by atoms with Gasteiger partial charge in [-0.3, -0.25) is 4.79 Å². The second-order valence-electron chi connectivity index (χ2n) is 4.34. The van der Waals surface area contributed by atoms with Gasteiger partial charge in [-0.05, 0) is 26.7 Å². The Bertz CT molecular complexity index is 288. The summed E-state index contributed by atoms with van der Waals surface area (Å²) in [5, 5.41) is 2.58. The predicted molar refractivity (Wildman–Crippen MR) is 58.1 cm³/mol. The van der Waals surface area contributed by atoms with Crippen LogP contribution in [0.5, 0.6) is 0 Å². The van der Waals surface area contributed by atoms with Crippen LogP contribution in [0.4, 0.5) is 4.79 Å². The number of alkyl carbamates (subject to hydrolysis) is 1. The Morgan fingerprint density at radius 1 is 1.38 bits per heavy atom. The van der Waals surface area contributed by atoms with Crippen LogP contribution in [0.25, 0.3) is 0 Å². The van der Waals surface area contributed by atoms with E-state index in [0.29, 0.717) is 0 Å². The largest absolute Gasteiger partial charge is 0.453 e. The third-order valence-corrected chi connectivity index (χ3v) is 3.17. The third kappa shape index (κ3) is 2.52. The Balaban J connectivity index is 2.81. The van der Waals surface area contributed by atoms with Crippen LogP contribution in [-0.2, 0) is 14.3 Å². The van der Waals surface area contributed by atoms with Gasteiger partial charge in [0, 0.05) is 13.0 Å². The van der Waals surface area contributed by atoms with Crippen molar-refractivity contribution in [2.45, 2.75) is 38.3 Å². The van der Waals surface area contributed by atoms with Crippen molar-refractivity contribution in [2.24, 2.45) is 5.92 Å². The second kappa shape index (κ2) is 4.82.